The highest BCUT2D eigenvalue weighted by molar-refractivity contribution is 6.33. The normalized spacial score (nSPS) is 12.7. The number of carbonyl (C=O) groups excluding carboxylic acids is 4. The first-order valence-corrected chi connectivity index (χ1v) is 8.91. The van der Waals surface area contributed by atoms with Crippen LogP contribution >= 0.6 is 11.6 Å². The van der Waals surface area contributed by atoms with Crippen molar-refractivity contribution in [3.63, 3.8) is 0 Å². The quantitative estimate of drug-likeness (QED) is 0.594. The van der Waals surface area contributed by atoms with Crippen molar-refractivity contribution in [2.24, 2.45) is 0 Å². The zero-order chi connectivity index (χ0) is 20.3. The second-order valence-corrected chi connectivity index (χ2v) is 6.66. The van der Waals surface area contributed by atoms with Crippen LogP contribution in [0.4, 0.5) is 5.69 Å². The number of nitrogens with one attached hydrogen (secondary N) is 1. The van der Waals surface area contributed by atoms with Gasteiger partial charge in [-0.25, -0.2) is 0 Å². The van der Waals surface area contributed by atoms with Crippen molar-refractivity contribution in [3.8, 4) is 0 Å². The average molecular weight is 401 g/mol. The standard InChI is InChI=1S/C20H17ClN2O5/c1-12-6-7-16(15(21)10-12)22-17(24)11-28-18(25)8-9-23-19(26)13-4-2-3-5-14(13)20(23)27/h2-7,10H,8-9,11H2,1H3,(H,22,24). The van der Waals surface area contributed by atoms with Crippen LogP contribution in [-0.2, 0) is 14.3 Å². The van der Waals surface area contributed by atoms with Gasteiger partial charge >= 0.3 is 5.97 Å². The average Bonchev–Trinajstić information content (AvgIpc) is 2.91. The Balaban J connectivity index is 1.47. The number of amides is 3. The van der Waals surface area contributed by atoms with Gasteiger partial charge in [0.05, 0.1) is 28.3 Å². The maximum atomic E-state index is 12.2. The molecule has 0 aliphatic carbocycles. The minimum absolute atomic E-state index is 0.114. The summed E-state index contributed by atoms with van der Waals surface area (Å²) in [4.78, 5) is 49.2. The van der Waals surface area contributed by atoms with E-state index in [0.717, 1.165) is 10.5 Å². The molecule has 0 saturated heterocycles. The molecule has 3 amide bonds. The highest BCUT2D eigenvalue weighted by atomic mass is 35.5. The molecule has 1 aliphatic heterocycles. The van der Waals surface area contributed by atoms with Crippen LogP contribution in [0.15, 0.2) is 42.5 Å². The fraction of sp³-hybridized carbons (Fsp3) is 0.200. The fourth-order valence-corrected chi connectivity index (χ4v) is 3.05. The molecule has 0 aromatic heterocycles. The number of nitrogens with zero attached hydrogens (tertiary/aromatic N) is 1. The summed E-state index contributed by atoms with van der Waals surface area (Å²) >= 11 is 6.03. The van der Waals surface area contributed by atoms with E-state index in [9.17, 15) is 19.2 Å². The fourth-order valence-electron chi connectivity index (χ4n) is 2.77. The summed E-state index contributed by atoms with van der Waals surface area (Å²) < 4.78 is 4.90. The lowest BCUT2D eigenvalue weighted by Gasteiger charge is -2.13. The van der Waals surface area contributed by atoms with Gasteiger partial charge in [0.15, 0.2) is 6.61 Å². The molecule has 3 rings (SSSR count). The van der Waals surface area contributed by atoms with Crippen molar-refractivity contribution in [1.82, 2.24) is 4.90 Å². The molecule has 7 nitrogen and oxygen atoms in total. The highest BCUT2D eigenvalue weighted by Gasteiger charge is 2.35. The van der Waals surface area contributed by atoms with E-state index >= 15 is 0 Å². The van der Waals surface area contributed by atoms with Gasteiger partial charge in [0.1, 0.15) is 0 Å². The van der Waals surface area contributed by atoms with Crippen molar-refractivity contribution >= 4 is 41.0 Å². The summed E-state index contributed by atoms with van der Waals surface area (Å²) in [5.41, 5.74) is 1.99. The van der Waals surface area contributed by atoms with Crippen LogP contribution in [0, 0.1) is 6.92 Å². The predicted octanol–water partition coefficient (Wildman–Crippen LogP) is 2.82. The number of esters is 1. The van der Waals surface area contributed by atoms with Crippen molar-refractivity contribution in [2.75, 3.05) is 18.5 Å². The molecule has 144 valence electrons. The number of ether oxygens (including phenoxy) is 1. The maximum absolute atomic E-state index is 12.2. The second kappa shape index (κ2) is 8.22. The number of aryl methyl sites for hydroxylation is 1. The first kappa shape index (κ1) is 19.6. The number of halogens is 1. The van der Waals surface area contributed by atoms with Crippen molar-refractivity contribution in [1.29, 1.82) is 0 Å². The predicted molar refractivity (Wildman–Crippen MR) is 102 cm³/mol. The molecule has 0 bridgehead atoms. The van der Waals surface area contributed by atoms with E-state index in [1.807, 2.05) is 6.92 Å². The number of anilines is 1. The summed E-state index contributed by atoms with van der Waals surface area (Å²) in [6, 6.07) is 11.6. The van der Waals surface area contributed by atoms with Crippen molar-refractivity contribution < 1.29 is 23.9 Å². The van der Waals surface area contributed by atoms with Gasteiger partial charge in [0, 0.05) is 6.54 Å². The summed E-state index contributed by atoms with van der Waals surface area (Å²) in [5, 5.41) is 2.93. The lowest BCUT2D eigenvalue weighted by Crippen LogP contribution is -2.32. The van der Waals surface area contributed by atoms with Crippen LogP contribution in [0.5, 0.6) is 0 Å². The van der Waals surface area contributed by atoms with Gasteiger partial charge < -0.3 is 10.1 Å². The minimum Gasteiger partial charge on any atom is -0.456 e. The lowest BCUT2D eigenvalue weighted by atomic mass is 10.1. The van der Waals surface area contributed by atoms with Crippen molar-refractivity contribution in [2.45, 2.75) is 13.3 Å². The number of imide groups is 1. The number of hydrogen-bond acceptors (Lipinski definition) is 5. The highest BCUT2D eigenvalue weighted by Crippen LogP contribution is 2.23. The molecular formula is C20H17ClN2O5. The van der Waals surface area contributed by atoms with Gasteiger partial charge in [-0.1, -0.05) is 29.8 Å². The maximum Gasteiger partial charge on any atom is 0.308 e. The van der Waals surface area contributed by atoms with Crippen LogP contribution in [0.25, 0.3) is 0 Å². The molecule has 0 unspecified atom stereocenters. The van der Waals surface area contributed by atoms with Crippen LogP contribution < -0.4 is 5.32 Å². The van der Waals surface area contributed by atoms with Crippen LogP contribution in [0.3, 0.4) is 0 Å². The summed E-state index contributed by atoms with van der Waals surface area (Å²) in [6.45, 7) is 1.26. The molecule has 0 radical (unpaired) electrons. The Labute approximate surface area is 166 Å². The van der Waals surface area contributed by atoms with E-state index in [1.54, 1.807) is 42.5 Å². The molecule has 0 fully saturated rings. The van der Waals surface area contributed by atoms with E-state index in [-0.39, 0.29) is 13.0 Å². The number of carbonyl (C=O) groups is 4. The van der Waals surface area contributed by atoms with Gasteiger partial charge in [0.2, 0.25) is 0 Å². The Kier molecular flexibility index (Phi) is 5.75. The summed E-state index contributed by atoms with van der Waals surface area (Å²) in [7, 11) is 0. The van der Waals surface area contributed by atoms with E-state index in [4.69, 9.17) is 16.3 Å². The number of hydrogen-bond donors (Lipinski definition) is 1. The second-order valence-electron chi connectivity index (χ2n) is 6.25. The Bertz CT molecular complexity index is 938. The van der Waals surface area contributed by atoms with Gasteiger partial charge in [-0.3, -0.25) is 24.1 Å². The van der Waals surface area contributed by atoms with E-state index in [0.29, 0.717) is 21.8 Å². The third kappa shape index (κ3) is 4.20. The van der Waals surface area contributed by atoms with E-state index in [1.165, 1.54) is 0 Å². The third-order valence-electron chi connectivity index (χ3n) is 4.18. The third-order valence-corrected chi connectivity index (χ3v) is 4.49. The smallest absolute Gasteiger partial charge is 0.308 e. The summed E-state index contributed by atoms with van der Waals surface area (Å²) in [5.74, 6) is -2.12. The van der Waals surface area contributed by atoms with Gasteiger partial charge in [-0.2, -0.15) is 0 Å². The molecule has 1 aliphatic rings. The number of rotatable bonds is 6. The monoisotopic (exact) mass is 400 g/mol. The van der Waals surface area contributed by atoms with E-state index in [2.05, 4.69) is 5.32 Å². The van der Waals surface area contributed by atoms with Gasteiger partial charge in [0.25, 0.3) is 17.7 Å². The molecule has 1 heterocycles. The molecule has 8 heteroatoms. The summed E-state index contributed by atoms with van der Waals surface area (Å²) in [6.07, 6.45) is -0.204. The Morgan fingerprint density at radius 1 is 1.07 bits per heavy atom. The minimum atomic E-state index is -0.693. The number of fused-ring (bicyclic) bond motifs is 1. The molecule has 0 spiro atoms. The molecule has 2 aromatic rings. The Morgan fingerprint density at radius 3 is 2.32 bits per heavy atom. The molecule has 2 aromatic carbocycles. The molecule has 1 N–H and O–H groups in total. The Morgan fingerprint density at radius 2 is 1.71 bits per heavy atom. The zero-order valence-corrected chi connectivity index (χ0v) is 15.8. The van der Waals surface area contributed by atoms with E-state index < -0.39 is 30.3 Å². The number of benzene rings is 2. The zero-order valence-electron chi connectivity index (χ0n) is 15.0. The van der Waals surface area contributed by atoms with Crippen LogP contribution in [0.2, 0.25) is 5.02 Å². The van der Waals surface area contributed by atoms with Crippen LogP contribution in [0.1, 0.15) is 32.7 Å². The van der Waals surface area contributed by atoms with Crippen LogP contribution in [-0.4, -0.2) is 41.7 Å². The molecule has 0 saturated carbocycles. The topological polar surface area (TPSA) is 92.8 Å². The first-order chi connectivity index (χ1) is 13.4. The largest absolute Gasteiger partial charge is 0.456 e. The van der Waals surface area contributed by atoms with Crippen molar-refractivity contribution in [3.05, 3.63) is 64.2 Å². The lowest BCUT2D eigenvalue weighted by molar-refractivity contribution is -0.147. The van der Waals surface area contributed by atoms with Gasteiger partial charge in [-0.15, -0.1) is 0 Å². The molecule has 28 heavy (non-hydrogen) atoms. The SMILES string of the molecule is Cc1ccc(NC(=O)COC(=O)CCN2C(=O)c3ccccc3C2=O)c(Cl)c1. The molecular weight excluding hydrogens is 384 g/mol. The van der Waals surface area contributed by atoms with Gasteiger partial charge in [-0.05, 0) is 36.8 Å². The molecule has 0 atom stereocenters. The Hall–Kier alpha value is -3.19. The first-order valence-electron chi connectivity index (χ1n) is 8.53.